The molecule has 7 heterocycles. The van der Waals surface area contributed by atoms with E-state index in [4.69, 9.17) is 48.0 Å². The van der Waals surface area contributed by atoms with Gasteiger partial charge in [-0.2, -0.15) is 19.9 Å². The Labute approximate surface area is 702 Å². The van der Waals surface area contributed by atoms with Crippen molar-refractivity contribution in [1.82, 2.24) is 69.8 Å². The molecule has 2 aliphatic heterocycles. The molecule has 3 aromatic carbocycles. The number of nitrogens with two attached hydrogens (primary N) is 4. The number of nitrogens with one attached hydrogen (secondary N) is 6. The summed E-state index contributed by atoms with van der Waals surface area (Å²) in [6, 6.07) is 24.6. The molecule has 2 saturated heterocycles. The molecule has 30 nitrogen and oxygen atoms in total. The van der Waals surface area contributed by atoms with Crippen LogP contribution in [0.15, 0.2) is 112 Å². The monoisotopic (exact) mass is 1650 g/mol. The van der Waals surface area contributed by atoms with Crippen LogP contribution in [0.4, 0.5) is 29.1 Å². The molecule has 8 aromatic rings. The number of anilines is 4. The minimum atomic E-state index is -0.477. The molecule has 1 saturated carbocycles. The number of hydrogen-bond acceptors (Lipinski definition) is 25. The molecule has 14 N–H and O–H groups in total. The summed E-state index contributed by atoms with van der Waals surface area (Å²) >= 11 is 9.04. The van der Waals surface area contributed by atoms with Gasteiger partial charge < -0.3 is 56.9 Å². The van der Waals surface area contributed by atoms with Crippen molar-refractivity contribution in [2.24, 2.45) is 28.2 Å². The van der Waals surface area contributed by atoms with Gasteiger partial charge in [0.05, 0.1) is 24.3 Å². The maximum absolute atomic E-state index is 11.6. The summed E-state index contributed by atoms with van der Waals surface area (Å²) in [6.07, 6.45) is 44.2. The number of ether oxygens (including phenoxy) is 4. The molecule has 118 heavy (non-hydrogen) atoms. The quantitative estimate of drug-likeness (QED) is 0.00494. The van der Waals surface area contributed by atoms with Gasteiger partial charge in [-0.3, -0.25) is 34.0 Å². The van der Waals surface area contributed by atoms with Gasteiger partial charge in [0, 0.05) is 64.5 Å². The highest BCUT2D eigenvalue weighted by Gasteiger charge is 2.28. The number of aryl methyl sites for hydroxylation is 4. The number of benzene rings is 3. The SMILES string of the molecule is CCOC(=O)C1CCCCCCC1=O.N#CNC(=Nc1ccc(OCCN2CCCC2)cc1)Oc1ccccc1.NC(N)=S.NNc1ncnc2c1CCCCCC2.Nc1nc(Nc2ccc(OCCN3CCCC3)cc2)nn1-c1ncnc2c1CCCCCC2.O=c1[nH]c(=S)[nH]c2c1CCCCCC2.O=c1[nH]cnc2c1CCCCCC2. The minimum Gasteiger partial charge on any atom is -0.492 e. The third-order valence-electron chi connectivity index (χ3n) is 21.2. The lowest BCUT2D eigenvalue weighted by Gasteiger charge is -2.16. The number of ketones is 1. The molecule has 0 radical (unpaired) electrons. The van der Waals surface area contributed by atoms with E-state index in [1.807, 2.05) is 72.9 Å². The van der Waals surface area contributed by atoms with Gasteiger partial charge in [0.1, 0.15) is 60.6 Å². The van der Waals surface area contributed by atoms with E-state index in [-0.39, 0.29) is 34.0 Å². The van der Waals surface area contributed by atoms with Crippen molar-refractivity contribution in [3.05, 3.63) is 168 Å². The molecule has 5 aliphatic carbocycles. The van der Waals surface area contributed by atoms with Gasteiger partial charge in [0.15, 0.2) is 21.9 Å². The Hall–Kier alpha value is -10.6. The molecule has 1 unspecified atom stereocenters. The van der Waals surface area contributed by atoms with Crippen LogP contribution in [-0.4, -0.2) is 146 Å². The van der Waals surface area contributed by atoms with E-state index in [0.29, 0.717) is 60.8 Å². The summed E-state index contributed by atoms with van der Waals surface area (Å²) in [4.78, 5) is 89.7. The number of amidine groups is 1. The number of hydrazine groups is 1. The average molecular weight is 1650 g/mol. The Morgan fingerprint density at radius 2 is 1.11 bits per heavy atom. The fraction of sp³-hybridized carbons (Fsp3) is 0.523. The summed E-state index contributed by atoms with van der Waals surface area (Å²) < 4.78 is 24.2. The Morgan fingerprint density at radius 1 is 0.593 bits per heavy atom. The average Bonchev–Trinajstić information content (AvgIpc) is 1.61. The van der Waals surface area contributed by atoms with Crippen LogP contribution < -0.4 is 64.4 Å². The van der Waals surface area contributed by atoms with Crippen LogP contribution >= 0.6 is 24.4 Å². The first kappa shape index (κ1) is 91.3. The number of nitriles is 1. The number of carbonyl (C=O) groups is 2. The highest BCUT2D eigenvalue weighted by molar-refractivity contribution is 7.80. The fourth-order valence-electron chi connectivity index (χ4n) is 15.1. The molecule has 5 aromatic heterocycles. The third kappa shape index (κ3) is 31.7. The molecule has 3 fully saturated rings. The number of Topliss-reactive ketones (excluding diaryl/α,β-unsaturated/α-hetero) is 1. The van der Waals surface area contributed by atoms with Crippen LogP contribution in [0.3, 0.4) is 0 Å². The van der Waals surface area contributed by atoms with Gasteiger partial charge in [-0.15, -0.1) is 5.10 Å². The van der Waals surface area contributed by atoms with Crippen molar-refractivity contribution in [3.8, 4) is 29.3 Å². The number of fused-ring (bicyclic) bond motifs is 4. The molecule has 0 spiro atoms. The number of H-pyrrole nitrogens is 3. The van der Waals surface area contributed by atoms with Crippen LogP contribution in [0.1, 0.15) is 219 Å². The Balaban J connectivity index is 0.000000167. The van der Waals surface area contributed by atoms with Crippen molar-refractivity contribution < 1.29 is 28.5 Å². The summed E-state index contributed by atoms with van der Waals surface area (Å²) in [5, 5.41) is 19.2. The molecule has 634 valence electrons. The second-order valence-electron chi connectivity index (χ2n) is 29.9. The second kappa shape index (κ2) is 51.6. The van der Waals surface area contributed by atoms with Crippen LogP contribution in [0.25, 0.3) is 5.82 Å². The van der Waals surface area contributed by atoms with Crippen molar-refractivity contribution in [2.75, 3.05) is 75.6 Å². The topological polar surface area (TPSA) is 431 Å². The van der Waals surface area contributed by atoms with E-state index in [1.165, 1.54) is 140 Å². The van der Waals surface area contributed by atoms with Gasteiger partial charge in [-0.25, -0.2) is 36.1 Å². The number of hydrogen-bond donors (Lipinski definition) is 10. The van der Waals surface area contributed by atoms with Crippen molar-refractivity contribution >= 4 is 76.4 Å². The van der Waals surface area contributed by atoms with Gasteiger partial charge in [-0.05, 0) is 259 Å². The lowest BCUT2D eigenvalue weighted by atomic mass is 9.90. The number of nitrogens with zero attached hydrogens (tertiary/aromatic N) is 12. The van der Waals surface area contributed by atoms with Gasteiger partial charge in [0.25, 0.3) is 11.1 Å². The maximum Gasteiger partial charge on any atom is 0.316 e. The highest BCUT2D eigenvalue weighted by atomic mass is 32.1. The van der Waals surface area contributed by atoms with E-state index in [1.54, 1.807) is 36.4 Å². The first-order valence-corrected chi connectivity index (χ1v) is 43.1. The van der Waals surface area contributed by atoms with E-state index in [2.05, 4.69) is 104 Å². The standard InChI is InChI=1S/C24H32N8O.C20H22N4O2.C11H18O3.C10H16N4.C10H14N2OS.C10H14N2O.CH4N2S/c25-23-29-24(28-18-9-11-19(12-10-18)33-16-15-31-13-5-6-14-31)30-32(23)22-20-7-3-1-2-4-8-21(20)26-17-27-22;21-16-22-20(26-19-6-2-1-3-7-19)23-17-8-10-18(11-9-17)25-15-14-24-12-4-5-13-24;1-2-14-11(13)9-7-5-3-4-6-8-10(9)12;11-14-10-8-5-3-1-2-4-6-9(8)12-7-13-10;13-9-7-5-3-1-2-4-6-8(7)11-10(14)12-9;13-10-8-5-3-1-2-4-6-9(8)11-7-12-10;2-1(3)4/h9-12,17H,1-8,13-16H2,(H3,25,28,29,30);1-3,6-11H,4-5,12-15H2,(H,22,23);9H,2-8H2,1H3;7H,1-6,11H2,(H,12,13,14);1-6H2,(H2,11,12,13,14);7H,1-6H2,(H,11,12,13);(H4,2,3,4). The summed E-state index contributed by atoms with van der Waals surface area (Å²) in [5.41, 5.74) is 28.3. The number of para-hydroxylation sites is 1. The number of carbonyl (C=O) groups excluding carboxylic acids is 2. The lowest BCUT2D eigenvalue weighted by Crippen LogP contribution is -2.27. The molecule has 0 amide bonds. The third-order valence-corrected chi connectivity index (χ3v) is 21.4. The molecular formula is C86H120N22O8S2. The summed E-state index contributed by atoms with van der Waals surface area (Å²) in [7, 11) is 0. The van der Waals surface area contributed by atoms with Crippen LogP contribution in [0, 0.1) is 22.1 Å². The number of aromatic nitrogens is 11. The first-order valence-electron chi connectivity index (χ1n) is 42.3. The van der Waals surface area contributed by atoms with E-state index >= 15 is 0 Å². The summed E-state index contributed by atoms with van der Waals surface area (Å²) in [6.45, 7) is 10.2. The van der Waals surface area contributed by atoms with Gasteiger partial charge in [0.2, 0.25) is 11.9 Å². The lowest BCUT2D eigenvalue weighted by molar-refractivity contribution is -0.152. The van der Waals surface area contributed by atoms with Crippen molar-refractivity contribution in [2.45, 2.75) is 225 Å². The van der Waals surface area contributed by atoms with Crippen LogP contribution in [0.5, 0.6) is 17.2 Å². The molecule has 15 rings (SSSR count). The Morgan fingerprint density at radius 3 is 1.69 bits per heavy atom. The largest absolute Gasteiger partial charge is 0.492 e. The molecule has 32 heteroatoms. The maximum atomic E-state index is 11.6. The zero-order chi connectivity index (χ0) is 83.3. The minimum absolute atomic E-state index is 0.000000000000000222. The van der Waals surface area contributed by atoms with Crippen molar-refractivity contribution in [3.63, 3.8) is 0 Å². The first-order chi connectivity index (χ1) is 57.6. The predicted octanol–water partition coefficient (Wildman–Crippen LogP) is 13.0. The smallest absolute Gasteiger partial charge is 0.316 e. The molecular weight excluding hydrogens is 1530 g/mol. The zero-order valence-electron chi connectivity index (χ0n) is 68.5. The fourth-order valence-corrected chi connectivity index (χ4v) is 15.3. The zero-order valence-corrected chi connectivity index (χ0v) is 70.1. The van der Waals surface area contributed by atoms with Crippen molar-refractivity contribution in [1.29, 1.82) is 5.26 Å². The Bertz CT molecular complexity index is 4610. The van der Waals surface area contributed by atoms with Crippen LogP contribution in [0.2, 0.25) is 0 Å². The number of esters is 1. The highest BCUT2D eigenvalue weighted by Crippen LogP contribution is 2.29. The Kier molecular flexibility index (Phi) is 39.9. The normalized spacial score (nSPS) is 16.8. The van der Waals surface area contributed by atoms with E-state index in [9.17, 15) is 19.2 Å². The molecule has 1 atom stereocenters. The molecule has 7 aliphatic rings. The van der Waals surface area contributed by atoms with E-state index in [0.717, 1.165) is 185 Å². The number of likely N-dealkylation sites (tertiary alicyclic amines) is 2. The van der Waals surface area contributed by atoms with Gasteiger partial charge >= 0.3 is 12.0 Å². The van der Waals surface area contributed by atoms with E-state index < -0.39 is 5.92 Å². The number of aliphatic imine (C=N–C) groups is 1. The van der Waals surface area contributed by atoms with Crippen LogP contribution in [-0.2, 0) is 65.7 Å². The number of thiocarbonyl (C=S) groups is 1. The number of rotatable bonds is 16. The van der Waals surface area contributed by atoms with Gasteiger partial charge in [-0.1, -0.05) is 88.8 Å². The number of aromatic amines is 3. The summed E-state index contributed by atoms with van der Waals surface area (Å²) in [5.74, 6) is 9.26. The molecule has 0 bridgehead atoms. The second-order valence-corrected chi connectivity index (χ2v) is 30.8. The predicted molar refractivity (Wildman–Crippen MR) is 467 cm³/mol. The number of nitrogen functional groups attached to an aromatic ring is 2.